The van der Waals surface area contributed by atoms with Crippen molar-refractivity contribution in [2.24, 2.45) is 0 Å². The first-order chi connectivity index (χ1) is 8.84. The molecule has 5 heteroatoms. The van der Waals surface area contributed by atoms with Crippen LogP contribution in [0.15, 0.2) is 34.3 Å². The molecule has 0 atom stereocenters. The van der Waals surface area contributed by atoms with Gasteiger partial charge in [0.05, 0.1) is 6.20 Å². The van der Waals surface area contributed by atoms with Gasteiger partial charge in [-0.3, -0.25) is 4.79 Å². The normalized spacial score (nSPS) is 14.7. The Hall–Kier alpha value is -1.62. The molecule has 1 saturated carbocycles. The zero-order valence-electron chi connectivity index (χ0n) is 9.91. The Morgan fingerprint density at radius 2 is 2.39 bits per heavy atom. The summed E-state index contributed by atoms with van der Waals surface area (Å²) in [5, 5.41) is 5.66. The van der Waals surface area contributed by atoms with Crippen molar-refractivity contribution in [3.8, 4) is 0 Å². The molecule has 1 fully saturated rings. The van der Waals surface area contributed by atoms with Gasteiger partial charge in [-0.2, -0.15) is 0 Å². The van der Waals surface area contributed by atoms with Crippen LogP contribution in [0.5, 0.6) is 0 Å². The highest BCUT2D eigenvalue weighted by Gasteiger charge is 2.34. The summed E-state index contributed by atoms with van der Waals surface area (Å²) < 4.78 is 4.95. The number of carbonyl (C=O) groups excluding carboxylic acids is 1. The van der Waals surface area contributed by atoms with E-state index in [1.807, 2.05) is 11.0 Å². The Kier molecular flexibility index (Phi) is 3.15. The predicted octanol–water partition coefficient (Wildman–Crippen LogP) is 2.58. The van der Waals surface area contributed by atoms with Crippen molar-refractivity contribution in [3.05, 3.63) is 40.4 Å². The van der Waals surface area contributed by atoms with Crippen molar-refractivity contribution >= 4 is 17.2 Å². The van der Waals surface area contributed by atoms with E-state index in [0.717, 1.165) is 25.8 Å². The highest BCUT2D eigenvalue weighted by molar-refractivity contribution is 7.09. The van der Waals surface area contributed by atoms with Crippen LogP contribution in [0.25, 0.3) is 0 Å². The third-order valence-corrected chi connectivity index (χ3v) is 4.01. The summed E-state index contributed by atoms with van der Waals surface area (Å²) in [4.78, 5) is 15.5. The third kappa shape index (κ3) is 2.46. The number of amides is 1. The Balaban J connectivity index is 1.67. The molecule has 3 rings (SSSR count). The maximum Gasteiger partial charge on any atom is 0.292 e. The summed E-state index contributed by atoms with van der Waals surface area (Å²) in [6.45, 7) is 0.755. The molecule has 0 radical (unpaired) electrons. The quantitative estimate of drug-likeness (QED) is 0.832. The molecule has 0 bridgehead atoms. The molecular weight excluding hydrogens is 248 g/mol. The third-order valence-electron chi connectivity index (χ3n) is 3.08. The van der Waals surface area contributed by atoms with Gasteiger partial charge in [-0.15, -0.1) is 11.3 Å². The smallest absolute Gasteiger partial charge is 0.292 e. The fourth-order valence-corrected chi connectivity index (χ4v) is 2.69. The number of nitrogens with zero attached hydrogens (tertiary/aromatic N) is 2. The van der Waals surface area contributed by atoms with Gasteiger partial charge in [0, 0.05) is 23.5 Å². The van der Waals surface area contributed by atoms with Gasteiger partial charge in [-0.1, -0.05) is 11.2 Å². The first kappa shape index (κ1) is 11.5. The van der Waals surface area contributed by atoms with Crippen molar-refractivity contribution in [2.75, 3.05) is 6.54 Å². The number of hydrogen-bond acceptors (Lipinski definition) is 4. The first-order valence-corrected chi connectivity index (χ1v) is 6.96. The summed E-state index contributed by atoms with van der Waals surface area (Å²) in [5.41, 5.74) is 0. The van der Waals surface area contributed by atoms with Gasteiger partial charge in [0.15, 0.2) is 0 Å². The average Bonchev–Trinajstić information content (AvgIpc) is 2.89. The minimum Gasteiger partial charge on any atom is -0.351 e. The van der Waals surface area contributed by atoms with Crippen LogP contribution in [0.4, 0.5) is 0 Å². The summed E-state index contributed by atoms with van der Waals surface area (Å²) in [6.07, 6.45) is 4.63. The van der Waals surface area contributed by atoms with Crippen LogP contribution in [-0.4, -0.2) is 28.6 Å². The SMILES string of the molecule is O=C(c1ccno1)N(CCc1cccs1)C1CC1. The van der Waals surface area contributed by atoms with Crippen molar-refractivity contribution in [3.63, 3.8) is 0 Å². The Bertz CT molecular complexity index is 503. The lowest BCUT2D eigenvalue weighted by Crippen LogP contribution is -2.34. The lowest BCUT2D eigenvalue weighted by atomic mass is 10.3. The zero-order chi connectivity index (χ0) is 12.4. The lowest BCUT2D eigenvalue weighted by Gasteiger charge is -2.20. The Morgan fingerprint density at radius 3 is 3.00 bits per heavy atom. The van der Waals surface area contributed by atoms with Gasteiger partial charge < -0.3 is 9.42 Å². The van der Waals surface area contributed by atoms with Crippen molar-refractivity contribution in [1.82, 2.24) is 10.1 Å². The van der Waals surface area contributed by atoms with E-state index in [0.29, 0.717) is 11.8 Å². The second-order valence-corrected chi connectivity index (χ2v) is 5.47. The van der Waals surface area contributed by atoms with E-state index in [9.17, 15) is 4.79 Å². The molecule has 0 aromatic carbocycles. The fourth-order valence-electron chi connectivity index (χ4n) is 1.99. The van der Waals surface area contributed by atoms with E-state index < -0.39 is 0 Å². The molecule has 0 aliphatic heterocycles. The molecule has 2 aromatic heterocycles. The highest BCUT2D eigenvalue weighted by Crippen LogP contribution is 2.28. The maximum absolute atomic E-state index is 12.2. The second kappa shape index (κ2) is 4.94. The number of carbonyl (C=O) groups is 1. The molecule has 1 amide bonds. The van der Waals surface area contributed by atoms with Crippen LogP contribution in [-0.2, 0) is 6.42 Å². The monoisotopic (exact) mass is 262 g/mol. The van der Waals surface area contributed by atoms with Crippen LogP contribution in [0, 0.1) is 0 Å². The molecule has 1 aliphatic carbocycles. The van der Waals surface area contributed by atoms with E-state index in [4.69, 9.17) is 4.52 Å². The van der Waals surface area contributed by atoms with Gasteiger partial charge in [-0.05, 0) is 30.7 Å². The summed E-state index contributed by atoms with van der Waals surface area (Å²) in [5.74, 6) is 0.305. The largest absolute Gasteiger partial charge is 0.351 e. The molecule has 0 N–H and O–H groups in total. The van der Waals surface area contributed by atoms with E-state index in [2.05, 4.69) is 16.6 Å². The van der Waals surface area contributed by atoms with Crippen molar-refractivity contribution < 1.29 is 9.32 Å². The average molecular weight is 262 g/mol. The highest BCUT2D eigenvalue weighted by atomic mass is 32.1. The molecule has 94 valence electrons. The van der Waals surface area contributed by atoms with Crippen LogP contribution in [0.1, 0.15) is 28.3 Å². The first-order valence-electron chi connectivity index (χ1n) is 6.08. The van der Waals surface area contributed by atoms with E-state index in [1.54, 1.807) is 17.4 Å². The van der Waals surface area contributed by atoms with Gasteiger partial charge in [0.2, 0.25) is 5.76 Å². The summed E-state index contributed by atoms with van der Waals surface area (Å²) in [6, 6.07) is 6.17. The number of hydrogen-bond donors (Lipinski definition) is 0. The minimum absolute atomic E-state index is 0.0356. The molecule has 4 nitrogen and oxygen atoms in total. The van der Waals surface area contributed by atoms with Gasteiger partial charge in [-0.25, -0.2) is 0 Å². The molecule has 1 aliphatic rings. The van der Waals surface area contributed by atoms with Gasteiger partial charge in [0.1, 0.15) is 0 Å². The number of rotatable bonds is 5. The maximum atomic E-state index is 12.2. The standard InChI is InChI=1S/C13H14N2O2S/c16-13(12-5-7-14-17-12)15(10-3-4-10)8-6-11-2-1-9-18-11/h1-2,5,7,9-10H,3-4,6,8H2. The summed E-state index contributed by atoms with van der Waals surface area (Å²) >= 11 is 1.73. The predicted molar refractivity (Wildman–Crippen MR) is 68.6 cm³/mol. The van der Waals surface area contributed by atoms with Crippen LogP contribution < -0.4 is 0 Å². The number of aromatic nitrogens is 1. The molecular formula is C13H14N2O2S. The van der Waals surface area contributed by atoms with E-state index >= 15 is 0 Å². The van der Waals surface area contributed by atoms with E-state index in [1.165, 1.54) is 11.1 Å². The summed E-state index contributed by atoms with van der Waals surface area (Å²) in [7, 11) is 0. The van der Waals surface area contributed by atoms with Crippen molar-refractivity contribution in [1.29, 1.82) is 0 Å². The molecule has 2 heterocycles. The van der Waals surface area contributed by atoms with Gasteiger partial charge in [0.25, 0.3) is 5.91 Å². The molecule has 18 heavy (non-hydrogen) atoms. The van der Waals surface area contributed by atoms with Crippen LogP contribution in [0.3, 0.4) is 0 Å². The molecule has 2 aromatic rings. The Morgan fingerprint density at radius 1 is 1.50 bits per heavy atom. The fraction of sp³-hybridized carbons (Fsp3) is 0.385. The van der Waals surface area contributed by atoms with Crippen LogP contribution >= 0.6 is 11.3 Å². The Labute approximate surface area is 109 Å². The van der Waals surface area contributed by atoms with Gasteiger partial charge >= 0.3 is 0 Å². The lowest BCUT2D eigenvalue weighted by molar-refractivity contribution is 0.0703. The zero-order valence-corrected chi connectivity index (χ0v) is 10.7. The molecule has 0 saturated heterocycles. The minimum atomic E-state index is -0.0356. The van der Waals surface area contributed by atoms with Crippen LogP contribution in [0.2, 0.25) is 0 Å². The molecule has 0 spiro atoms. The topological polar surface area (TPSA) is 46.3 Å². The molecule has 0 unspecified atom stereocenters. The number of thiophene rings is 1. The van der Waals surface area contributed by atoms with E-state index in [-0.39, 0.29) is 5.91 Å². The van der Waals surface area contributed by atoms with Crippen molar-refractivity contribution in [2.45, 2.75) is 25.3 Å². The second-order valence-electron chi connectivity index (χ2n) is 4.44.